The van der Waals surface area contributed by atoms with Gasteiger partial charge in [0.2, 0.25) is 0 Å². The first-order valence-corrected chi connectivity index (χ1v) is 8.44. The summed E-state index contributed by atoms with van der Waals surface area (Å²) in [6, 6.07) is 0. The first kappa shape index (κ1) is 15.9. The van der Waals surface area contributed by atoms with Crippen LogP contribution in [0.1, 0.15) is 23.5 Å². The molecule has 0 saturated heterocycles. The van der Waals surface area contributed by atoms with Crippen molar-refractivity contribution in [1.82, 2.24) is 0 Å². The molecule has 1 aromatic rings. The van der Waals surface area contributed by atoms with E-state index in [1.165, 1.54) is 6.92 Å². The summed E-state index contributed by atoms with van der Waals surface area (Å²) in [5.74, 6) is -0.245. The van der Waals surface area contributed by atoms with Gasteiger partial charge in [-0.1, -0.05) is 0 Å². The highest BCUT2D eigenvalue weighted by Gasteiger charge is 2.25. The topological polar surface area (TPSA) is 98.5 Å². The van der Waals surface area contributed by atoms with Crippen molar-refractivity contribution in [1.29, 1.82) is 0 Å². The number of thiophene rings is 1. The SMILES string of the molecule is CCOCCNc1sc(C(C)=O)c(N)c1S(C)(=O)=O. The van der Waals surface area contributed by atoms with E-state index in [2.05, 4.69) is 5.32 Å². The highest BCUT2D eigenvalue weighted by atomic mass is 32.2. The second-order valence-corrected chi connectivity index (χ2v) is 6.93. The predicted molar refractivity (Wildman–Crippen MR) is 76.8 cm³/mol. The smallest absolute Gasteiger partial charge is 0.180 e. The number of rotatable bonds is 7. The molecule has 1 rings (SSSR count). The van der Waals surface area contributed by atoms with Gasteiger partial charge >= 0.3 is 0 Å². The zero-order valence-corrected chi connectivity index (χ0v) is 12.8. The summed E-state index contributed by atoms with van der Waals surface area (Å²) in [6.45, 7) is 4.73. The lowest BCUT2D eigenvalue weighted by molar-refractivity contribution is 0.102. The highest BCUT2D eigenvalue weighted by Crippen LogP contribution is 2.39. The maximum Gasteiger partial charge on any atom is 0.180 e. The van der Waals surface area contributed by atoms with Crippen LogP contribution in [-0.2, 0) is 14.6 Å². The summed E-state index contributed by atoms with van der Waals surface area (Å²) < 4.78 is 28.6. The Labute approximate surface area is 116 Å². The Kier molecular flexibility index (Phi) is 5.33. The van der Waals surface area contributed by atoms with Gasteiger partial charge in [-0.05, 0) is 6.92 Å². The molecule has 0 amide bonds. The summed E-state index contributed by atoms with van der Waals surface area (Å²) in [4.78, 5) is 11.7. The molecule has 0 fully saturated rings. The van der Waals surface area contributed by atoms with Gasteiger partial charge in [-0.3, -0.25) is 4.79 Å². The number of nitrogens with two attached hydrogens (primary N) is 1. The summed E-state index contributed by atoms with van der Waals surface area (Å²) in [6.07, 6.45) is 1.07. The van der Waals surface area contributed by atoms with Crippen LogP contribution in [0.2, 0.25) is 0 Å². The minimum atomic E-state index is -3.49. The molecule has 0 saturated carbocycles. The van der Waals surface area contributed by atoms with Crippen LogP contribution in [0.4, 0.5) is 10.7 Å². The largest absolute Gasteiger partial charge is 0.396 e. The maximum atomic E-state index is 11.7. The van der Waals surface area contributed by atoms with Crippen LogP contribution in [0.5, 0.6) is 0 Å². The fourth-order valence-electron chi connectivity index (χ4n) is 1.56. The van der Waals surface area contributed by atoms with E-state index in [9.17, 15) is 13.2 Å². The fraction of sp³-hybridized carbons (Fsp3) is 0.545. The lowest BCUT2D eigenvalue weighted by Crippen LogP contribution is -2.11. The van der Waals surface area contributed by atoms with E-state index < -0.39 is 9.84 Å². The van der Waals surface area contributed by atoms with Crippen LogP contribution in [0, 0.1) is 0 Å². The van der Waals surface area contributed by atoms with Gasteiger partial charge in [0.1, 0.15) is 9.90 Å². The summed E-state index contributed by atoms with van der Waals surface area (Å²) in [7, 11) is -3.49. The van der Waals surface area contributed by atoms with Crippen molar-refractivity contribution < 1.29 is 17.9 Å². The normalized spacial score (nSPS) is 11.5. The Hall–Kier alpha value is -1.12. The predicted octanol–water partition coefficient (Wildman–Crippen LogP) is 1.38. The molecule has 0 bridgehead atoms. The van der Waals surface area contributed by atoms with Gasteiger partial charge in [0.15, 0.2) is 15.6 Å². The monoisotopic (exact) mass is 306 g/mol. The number of carbonyl (C=O) groups excluding carboxylic acids is 1. The fourth-order valence-corrected chi connectivity index (χ4v) is 4.05. The number of carbonyl (C=O) groups is 1. The Balaban J connectivity index is 3.08. The van der Waals surface area contributed by atoms with Gasteiger partial charge < -0.3 is 15.8 Å². The number of Topliss-reactive ketones (excluding diaryl/α,β-unsaturated/α-hetero) is 1. The van der Waals surface area contributed by atoms with Crippen LogP contribution < -0.4 is 11.1 Å². The maximum absolute atomic E-state index is 11.7. The van der Waals surface area contributed by atoms with E-state index in [-0.39, 0.29) is 21.2 Å². The number of nitrogens with one attached hydrogen (secondary N) is 1. The standard InChI is InChI=1S/C11H18N2O4S2/c1-4-17-6-5-13-11-10(19(3,15)16)8(12)9(18-11)7(2)14/h13H,4-6,12H2,1-3H3. The number of anilines is 2. The third-order valence-corrected chi connectivity index (χ3v) is 4.89. The minimum Gasteiger partial charge on any atom is -0.396 e. The first-order valence-electron chi connectivity index (χ1n) is 5.73. The van der Waals surface area contributed by atoms with Crippen molar-refractivity contribution >= 4 is 37.6 Å². The third-order valence-electron chi connectivity index (χ3n) is 2.33. The highest BCUT2D eigenvalue weighted by molar-refractivity contribution is 7.91. The zero-order chi connectivity index (χ0) is 14.6. The average Bonchev–Trinajstić information content (AvgIpc) is 2.61. The lowest BCUT2D eigenvalue weighted by atomic mass is 10.3. The van der Waals surface area contributed by atoms with E-state index in [0.717, 1.165) is 17.6 Å². The quantitative estimate of drug-likeness (QED) is 0.583. The Morgan fingerprint density at radius 3 is 2.58 bits per heavy atom. The Bertz CT molecular complexity index is 563. The summed E-state index contributed by atoms with van der Waals surface area (Å²) in [5.41, 5.74) is 5.79. The second kappa shape index (κ2) is 6.36. The number of sulfone groups is 1. The average molecular weight is 306 g/mol. The van der Waals surface area contributed by atoms with Crippen molar-refractivity contribution in [3.05, 3.63) is 4.88 Å². The molecule has 0 radical (unpaired) electrons. The van der Waals surface area contributed by atoms with Gasteiger partial charge in [-0.15, -0.1) is 11.3 Å². The van der Waals surface area contributed by atoms with Gasteiger partial charge in [0.05, 0.1) is 17.2 Å². The van der Waals surface area contributed by atoms with Crippen LogP contribution in [0.15, 0.2) is 4.90 Å². The molecule has 0 aliphatic rings. The van der Waals surface area contributed by atoms with Gasteiger partial charge in [-0.2, -0.15) is 0 Å². The molecule has 1 aromatic heterocycles. The molecule has 0 aromatic carbocycles. The van der Waals surface area contributed by atoms with Crippen molar-refractivity contribution in [2.24, 2.45) is 0 Å². The van der Waals surface area contributed by atoms with Crippen LogP contribution in [-0.4, -0.2) is 40.2 Å². The zero-order valence-electron chi connectivity index (χ0n) is 11.1. The van der Waals surface area contributed by atoms with E-state index in [1.807, 2.05) is 6.92 Å². The molecule has 19 heavy (non-hydrogen) atoms. The molecule has 108 valence electrons. The number of hydrogen-bond acceptors (Lipinski definition) is 7. The molecule has 1 heterocycles. The molecule has 0 spiro atoms. The molecule has 6 nitrogen and oxygen atoms in total. The van der Waals surface area contributed by atoms with Crippen molar-refractivity contribution in [3.8, 4) is 0 Å². The second-order valence-electron chi connectivity index (χ2n) is 3.96. The van der Waals surface area contributed by atoms with Crippen molar-refractivity contribution in [2.75, 3.05) is 37.1 Å². The van der Waals surface area contributed by atoms with Gasteiger partial charge in [-0.25, -0.2) is 8.42 Å². The first-order chi connectivity index (χ1) is 8.79. The number of nitrogen functional groups attached to an aromatic ring is 1. The summed E-state index contributed by atoms with van der Waals surface area (Å²) >= 11 is 1.06. The van der Waals surface area contributed by atoms with Crippen LogP contribution in [0.3, 0.4) is 0 Å². The van der Waals surface area contributed by atoms with Gasteiger partial charge in [0.25, 0.3) is 0 Å². The third kappa shape index (κ3) is 3.92. The molecule has 0 aliphatic carbocycles. The Morgan fingerprint density at radius 1 is 1.47 bits per heavy atom. The minimum absolute atomic E-state index is 0.000742. The van der Waals surface area contributed by atoms with Gasteiger partial charge in [0, 0.05) is 26.3 Å². The number of ketones is 1. The van der Waals surface area contributed by atoms with E-state index in [4.69, 9.17) is 10.5 Å². The van der Waals surface area contributed by atoms with Crippen LogP contribution >= 0.6 is 11.3 Å². The number of hydrogen-bond donors (Lipinski definition) is 2. The van der Waals surface area contributed by atoms with E-state index >= 15 is 0 Å². The van der Waals surface area contributed by atoms with E-state index in [1.54, 1.807) is 0 Å². The van der Waals surface area contributed by atoms with Crippen molar-refractivity contribution in [2.45, 2.75) is 18.7 Å². The molecule has 8 heteroatoms. The molecule has 3 N–H and O–H groups in total. The molecular formula is C11H18N2O4S2. The molecule has 0 atom stereocenters. The molecular weight excluding hydrogens is 288 g/mol. The van der Waals surface area contributed by atoms with Crippen molar-refractivity contribution in [3.63, 3.8) is 0 Å². The molecule has 0 aliphatic heterocycles. The number of ether oxygens (including phenoxy) is 1. The Morgan fingerprint density at radius 2 is 2.11 bits per heavy atom. The summed E-state index contributed by atoms with van der Waals surface area (Å²) in [5, 5.41) is 3.35. The molecule has 0 unspecified atom stereocenters. The lowest BCUT2D eigenvalue weighted by Gasteiger charge is -2.06. The van der Waals surface area contributed by atoms with Crippen LogP contribution in [0.25, 0.3) is 0 Å². The van der Waals surface area contributed by atoms with E-state index in [0.29, 0.717) is 24.8 Å².